The molecule has 0 radical (unpaired) electrons. The molecule has 0 atom stereocenters. The maximum absolute atomic E-state index is 5.89. The third-order valence-electron chi connectivity index (χ3n) is 8.09. The molecule has 0 aliphatic heterocycles. The lowest BCUT2D eigenvalue weighted by molar-refractivity contribution is 0.415. The van der Waals surface area contributed by atoms with Crippen molar-refractivity contribution in [1.82, 2.24) is 9.97 Å². The molecule has 0 aliphatic rings. The molecule has 5 heteroatoms. The molecule has 4 aromatic carbocycles. The summed E-state index contributed by atoms with van der Waals surface area (Å²) in [5, 5.41) is 0. The van der Waals surface area contributed by atoms with Crippen molar-refractivity contribution in [2.75, 3.05) is 18.6 Å². The van der Waals surface area contributed by atoms with E-state index in [4.69, 9.17) is 16.2 Å². The molecule has 232 valence electrons. The number of methoxy groups -OCH3 is 1. The molecule has 0 spiro atoms. The van der Waals surface area contributed by atoms with Gasteiger partial charge < -0.3 is 16.2 Å². The lowest BCUT2D eigenvalue weighted by Gasteiger charge is -2.08. The lowest BCUT2D eigenvalue weighted by Crippen LogP contribution is -2.00. The number of aryl methyl sites for hydroxylation is 6. The Kier molecular flexibility index (Phi) is 10.8. The van der Waals surface area contributed by atoms with E-state index in [0.29, 0.717) is 11.6 Å². The van der Waals surface area contributed by atoms with E-state index in [2.05, 4.69) is 107 Å². The first-order chi connectivity index (χ1) is 22.4. The summed E-state index contributed by atoms with van der Waals surface area (Å²) in [5.74, 6) is 2.13. The number of pyridine rings is 2. The zero-order valence-electron chi connectivity index (χ0n) is 26.9. The molecule has 0 aliphatic carbocycles. The Morgan fingerprint density at radius 3 is 1.43 bits per heavy atom. The van der Waals surface area contributed by atoms with E-state index >= 15 is 0 Å². The van der Waals surface area contributed by atoms with Crippen molar-refractivity contribution >= 4 is 11.6 Å². The first-order valence-electron chi connectivity index (χ1n) is 15.7. The number of ether oxygens (including phenoxy) is 1. The SMILES string of the molecule is COc1cccc(-c2cccc(CCc3ccc(C)c(N)n3)c2)c1.Cc1ccc(CCc2cccc(-c3ccccc3)c2)nc1N. The van der Waals surface area contributed by atoms with Crippen molar-refractivity contribution in [3.63, 3.8) is 0 Å². The van der Waals surface area contributed by atoms with Crippen LogP contribution in [-0.4, -0.2) is 17.1 Å². The molecular formula is C41H42N4O. The molecule has 46 heavy (non-hydrogen) atoms. The molecule has 0 saturated heterocycles. The van der Waals surface area contributed by atoms with Gasteiger partial charge in [0.1, 0.15) is 17.4 Å². The Morgan fingerprint density at radius 2 is 0.935 bits per heavy atom. The maximum atomic E-state index is 5.89. The number of benzene rings is 4. The highest BCUT2D eigenvalue weighted by molar-refractivity contribution is 5.66. The Hall–Kier alpha value is -5.42. The van der Waals surface area contributed by atoms with Crippen molar-refractivity contribution in [2.45, 2.75) is 39.5 Å². The smallest absolute Gasteiger partial charge is 0.126 e. The third kappa shape index (κ3) is 8.82. The summed E-state index contributed by atoms with van der Waals surface area (Å²) >= 11 is 0. The van der Waals surface area contributed by atoms with E-state index in [0.717, 1.165) is 59.5 Å². The summed E-state index contributed by atoms with van der Waals surface area (Å²) in [7, 11) is 1.69. The summed E-state index contributed by atoms with van der Waals surface area (Å²) in [5.41, 5.74) is 23.4. The van der Waals surface area contributed by atoms with Gasteiger partial charge in [-0.05, 0) is 108 Å². The quantitative estimate of drug-likeness (QED) is 0.172. The van der Waals surface area contributed by atoms with Crippen LogP contribution in [0.5, 0.6) is 5.75 Å². The number of hydrogen-bond donors (Lipinski definition) is 2. The minimum absolute atomic E-state index is 0.623. The molecule has 0 unspecified atom stereocenters. The van der Waals surface area contributed by atoms with Crippen LogP contribution in [0.1, 0.15) is 33.6 Å². The molecular weight excluding hydrogens is 564 g/mol. The van der Waals surface area contributed by atoms with Crippen molar-refractivity contribution < 1.29 is 4.74 Å². The van der Waals surface area contributed by atoms with Gasteiger partial charge in [0.05, 0.1) is 7.11 Å². The standard InChI is InChI=1S/C21H22N2O.C20H20N2/c1-15-9-11-19(23-21(15)22)12-10-16-5-3-6-17(13-16)18-7-4-8-20(14-18)24-2;1-15-10-12-19(22-20(15)21)13-11-16-6-5-9-18(14-16)17-7-3-2-4-8-17/h3-9,11,13-14H,10,12H2,1-2H3,(H2,22,23);2-10,12,14H,11,13H2,1H3,(H2,21,22). The van der Waals surface area contributed by atoms with E-state index < -0.39 is 0 Å². The first kappa shape index (κ1) is 32.0. The van der Waals surface area contributed by atoms with E-state index in [1.165, 1.54) is 27.8 Å². The zero-order valence-corrected chi connectivity index (χ0v) is 26.9. The molecule has 0 bridgehead atoms. The van der Waals surface area contributed by atoms with Crippen LogP contribution in [0.25, 0.3) is 22.3 Å². The van der Waals surface area contributed by atoms with Gasteiger partial charge in [-0.25, -0.2) is 9.97 Å². The van der Waals surface area contributed by atoms with Gasteiger partial charge in [0.2, 0.25) is 0 Å². The van der Waals surface area contributed by atoms with Crippen LogP contribution in [0, 0.1) is 13.8 Å². The van der Waals surface area contributed by atoms with Crippen LogP contribution in [0.2, 0.25) is 0 Å². The molecule has 6 rings (SSSR count). The van der Waals surface area contributed by atoms with Crippen molar-refractivity contribution in [3.8, 4) is 28.0 Å². The molecule has 2 aromatic heterocycles. The second-order valence-corrected chi connectivity index (χ2v) is 11.5. The van der Waals surface area contributed by atoms with Gasteiger partial charge in [0.15, 0.2) is 0 Å². The number of nitrogens with zero attached hydrogens (tertiary/aromatic N) is 2. The van der Waals surface area contributed by atoms with Gasteiger partial charge in [-0.2, -0.15) is 0 Å². The first-order valence-corrected chi connectivity index (χ1v) is 15.7. The van der Waals surface area contributed by atoms with Crippen LogP contribution < -0.4 is 16.2 Å². The number of anilines is 2. The molecule has 0 saturated carbocycles. The van der Waals surface area contributed by atoms with Crippen LogP contribution in [0.3, 0.4) is 0 Å². The summed E-state index contributed by atoms with van der Waals surface area (Å²) in [6.45, 7) is 3.96. The fourth-order valence-electron chi connectivity index (χ4n) is 5.24. The molecule has 0 fully saturated rings. The average Bonchev–Trinajstić information content (AvgIpc) is 3.10. The van der Waals surface area contributed by atoms with Gasteiger partial charge in [-0.15, -0.1) is 0 Å². The third-order valence-corrected chi connectivity index (χ3v) is 8.09. The predicted molar refractivity (Wildman–Crippen MR) is 192 cm³/mol. The average molecular weight is 607 g/mol. The normalized spacial score (nSPS) is 10.6. The van der Waals surface area contributed by atoms with E-state index in [1.807, 2.05) is 44.2 Å². The number of aromatic nitrogens is 2. The highest BCUT2D eigenvalue weighted by Gasteiger charge is 2.05. The minimum atomic E-state index is 0.623. The van der Waals surface area contributed by atoms with Crippen molar-refractivity contribution in [1.29, 1.82) is 0 Å². The van der Waals surface area contributed by atoms with E-state index in [-0.39, 0.29) is 0 Å². The van der Waals surface area contributed by atoms with Crippen LogP contribution in [-0.2, 0) is 25.7 Å². The van der Waals surface area contributed by atoms with Gasteiger partial charge >= 0.3 is 0 Å². The van der Waals surface area contributed by atoms with Gasteiger partial charge in [-0.1, -0.05) is 103 Å². The molecule has 6 aromatic rings. The number of hydrogen-bond acceptors (Lipinski definition) is 5. The molecule has 4 N–H and O–H groups in total. The van der Waals surface area contributed by atoms with Crippen molar-refractivity contribution in [2.24, 2.45) is 0 Å². The molecule has 5 nitrogen and oxygen atoms in total. The Morgan fingerprint density at radius 1 is 0.478 bits per heavy atom. The van der Waals surface area contributed by atoms with E-state index in [1.54, 1.807) is 7.11 Å². The van der Waals surface area contributed by atoms with Crippen LogP contribution >= 0.6 is 0 Å². The number of rotatable bonds is 9. The predicted octanol–water partition coefficient (Wildman–Crippen LogP) is 8.86. The summed E-state index contributed by atoms with van der Waals surface area (Å²) in [4.78, 5) is 8.90. The highest BCUT2D eigenvalue weighted by atomic mass is 16.5. The van der Waals surface area contributed by atoms with Crippen molar-refractivity contribution in [3.05, 3.63) is 161 Å². The Balaban J connectivity index is 0.000000182. The molecule has 0 amide bonds. The fourth-order valence-corrected chi connectivity index (χ4v) is 5.24. The largest absolute Gasteiger partial charge is 0.497 e. The molecule has 2 heterocycles. The van der Waals surface area contributed by atoms with Gasteiger partial charge in [0.25, 0.3) is 0 Å². The zero-order chi connectivity index (χ0) is 32.3. The second kappa shape index (κ2) is 15.5. The number of nitrogens with two attached hydrogens (primary N) is 2. The highest BCUT2D eigenvalue weighted by Crippen LogP contribution is 2.25. The van der Waals surface area contributed by atoms with E-state index in [9.17, 15) is 0 Å². The lowest BCUT2D eigenvalue weighted by atomic mass is 10.00. The summed E-state index contributed by atoms with van der Waals surface area (Å²) < 4.78 is 5.31. The van der Waals surface area contributed by atoms with Crippen LogP contribution in [0.4, 0.5) is 11.6 Å². The Labute approximate surface area is 273 Å². The monoisotopic (exact) mass is 606 g/mol. The Bertz CT molecular complexity index is 1880. The van der Waals surface area contributed by atoms with Crippen LogP contribution in [0.15, 0.2) is 127 Å². The van der Waals surface area contributed by atoms with Gasteiger partial charge in [-0.3, -0.25) is 0 Å². The summed E-state index contributed by atoms with van der Waals surface area (Å²) in [6, 6.07) is 44.1. The fraction of sp³-hybridized carbons (Fsp3) is 0.171. The summed E-state index contributed by atoms with van der Waals surface area (Å²) in [6.07, 6.45) is 3.69. The van der Waals surface area contributed by atoms with Gasteiger partial charge in [0, 0.05) is 11.4 Å². The topological polar surface area (TPSA) is 87.0 Å². The maximum Gasteiger partial charge on any atom is 0.126 e. The second-order valence-electron chi connectivity index (χ2n) is 11.5. The number of nitrogen functional groups attached to an aromatic ring is 2. The minimum Gasteiger partial charge on any atom is -0.497 e.